The summed E-state index contributed by atoms with van der Waals surface area (Å²) < 4.78 is 0. The van der Waals surface area contributed by atoms with Gasteiger partial charge in [-0.15, -0.1) is 0 Å². The predicted molar refractivity (Wildman–Crippen MR) is 95.9 cm³/mol. The third-order valence-corrected chi connectivity index (χ3v) is 4.39. The molecule has 1 aliphatic rings. The number of hydrogen-bond donors (Lipinski definition) is 3. The van der Waals surface area contributed by atoms with Gasteiger partial charge in [-0.2, -0.15) is 0 Å². The van der Waals surface area contributed by atoms with Gasteiger partial charge in [0.15, 0.2) is 0 Å². The Morgan fingerprint density at radius 3 is 2.38 bits per heavy atom. The largest absolute Gasteiger partial charge is 0.341 e. The number of rotatable bonds is 5. The van der Waals surface area contributed by atoms with Crippen LogP contribution in [-0.4, -0.2) is 49.1 Å². The number of amides is 3. The molecule has 1 fully saturated rings. The van der Waals surface area contributed by atoms with Gasteiger partial charge in [-0.05, 0) is 58.3 Å². The number of piperidine rings is 1. The molecule has 3 amide bonds. The van der Waals surface area contributed by atoms with Crippen molar-refractivity contribution < 1.29 is 9.59 Å². The first kappa shape index (κ1) is 18.3. The van der Waals surface area contributed by atoms with Crippen molar-refractivity contribution in [2.75, 3.05) is 32.0 Å². The number of nitrogens with one attached hydrogen (secondary N) is 3. The number of likely N-dealkylation sites (tertiary alicyclic amines) is 1. The van der Waals surface area contributed by atoms with Crippen LogP contribution >= 0.6 is 0 Å². The molecule has 3 N–H and O–H groups in total. The zero-order valence-electron chi connectivity index (χ0n) is 14.8. The van der Waals surface area contributed by atoms with Crippen molar-refractivity contribution in [3.63, 3.8) is 0 Å². The summed E-state index contributed by atoms with van der Waals surface area (Å²) in [5, 5.41) is 8.73. The van der Waals surface area contributed by atoms with Crippen LogP contribution in [-0.2, 0) is 4.79 Å². The van der Waals surface area contributed by atoms with Crippen LogP contribution in [0.4, 0.5) is 10.5 Å². The van der Waals surface area contributed by atoms with Crippen LogP contribution in [0.25, 0.3) is 0 Å². The van der Waals surface area contributed by atoms with E-state index in [1.54, 1.807) is 26.0 Å². The third kappa shape index (κ3) is 4.96. The smallest absolute Gasteiger partial charge is 0.320 e. The van der Waals surface area contributed by atoms with Crippen molar-refractivity contribution in [1.82, 2.24) is 15.5 Å². The van der Waals surface area contributed by atoms with Gasteiger partial charge < -0.3 is 20.9 Å². The van der Waals surface area contributed by atoms with Gasteiger partial charge in [0.25, 0.3) is 0 Å². The van der Waals surface area contributed by atoms with E-state index in [0.29, 0.717) is 11.6 Å². The minimum absolute atomic E-state index is 0.0337. The Kier molecular flexibility index (Phi) is 6.20. The van der Waals surface area contributed by atoms with E-state index in [4.69, 9.17) is 0 Å². The molecule has 1 heterocycles. The van der Waals surface area contributed by atoms with Crippen LogP contribution in [0.2, 0.25) is 0 Å². The van der Waals surface area contributed by atoms with E-state index in [-0.39, 0.29) is 11.9 Å². The fourth-order valence-electron chi connectivity index (χ4n) is 3.05. The fraction of sp³-hybridized carbons (Fsp3) is 0.556. The topological polar surface area (TPSA) is 73.5 Å². The van der Waals surface area contributed by atoms with Gasteiger partial charge in [0.1, 0.15) is 5.54 Å². The normalized spacial score (nSPS) is 15.9. The average molecular weight is 332 g/mol. The maximum absolute atomic E-state index is 12.7. The Hall–Kier alpha value is -2.08. The van der Waals surface area contributed by atoms with E-state index in [1.807, 2.05) is 30.1 Å². The lowest BCUT2D eigenvalue weighted by Crippen LogP contribution is -2.58. The minimum Gasteiger partial charge on any atom is -0.341 e. The second-order valence-corrected chi connectivity index (χ2v) is 6.86. The summed E-state index contributed by atoms with van der Waals surface area (Å²) in [7, 11) is 1.95. The number of para-hydroxylation sites is 1. The van der Waals surface area contributed by atoms with Crippen molar-refractivity contribution >= 4 is 17.6 Å². The van der Waals surface area contributed by atoms with Crippen LogP contribution in [0.5, 0.6) is 0 Å². The molecule has 24 heavy (non-hydrogen) atoms. The van der Waals surface area contributed by atoms with Crippen LogP contribution in [0, 0.1) is 5.92 Å². The van der Waals surface area contributed by atoms with Crippen LogP contribution < -0.4 is 16.0 Å². The highest BCUT2D eigenvalue weighted by molar-refractivity contribution is 5.95. The maximum atomic E-state index is 12.7. The van der Waals surface area contributed by atoms with E-state index >= 15 is 0 Å². The van der Waals surface area contributed by atoms with Crippen molar-refractivity contribution in [3.8, 4) is 0 Å². The second-order valence-electron chi connectivity index (χ2n) is 6.86. The van der Waals surface area contributed by atoms with Crippen LogP contribution in [0.15, 0.2) is 30.3 Å². The first-order valence-corrected chi connectivity index (χ1v) is 8.50. The van der Waals surface area contributed by atoms with Gasteiger partial charge in [-0.3, -0.25) is 4.79 Å². The molecule has 1 saturated heterocycles. The van der Waals surface area contributed by atoms with Gasteiger partial charge in [0, 0.05) is 18.8 Å². The molecule has 0 saturated carbocycles. The van der Waals surface area contributed by atoms with E-state index < -0.39 is 5.54 Å². The molecule has 0 bridgehead atoms. The Balaban J connectivity index is 1.87. The zero-order chi connectivity index (χ0) is 17.6. The van der Waals surface area contributed by atoms with E-state index in [1.165, 1.54) is 0 Å². The quantitative estimate of drug-likeness (QED) is 0.772. The summed E-state index contributed by atoms with van der Waals surface area (Å²) in [5.41, 5.74) is -0.236. The molecule has 132 valence electrons. The fourth-order valence-corrected chi connectivity index (χ4v) is 3.05. The standard InChI is InChI=1S/C18H28N4O2/c1-18(2,21-17(24)20-15-7-5-4-6-8-15)16(23)22-11-9-14(10-12-22)13-19-3/h4-8,14,19H,9-13H2,1-3H3,(H2,20,21,24). The molecule has 1 aromatic carbocycles. The Morgan fingerprint density at radius 2 is 1.79 bits per heavy atom. The van der Waals surface area contributed by atoms with Crippen LogP contribution in [0.3, 0.4) is 0 Å². The van der Waals surface area contributed by atoms with Gasteiger partial charge in [-0.1, -0.05) is 18.2 Å². The summed E-state index contributed by atoms with van der Waals surface area (Å²) in [4.78, 5) is 26.7. The highest BCUT2D eigenvalue weighted by Gasteiger charge is 2.35. The summed E-state index contributed by atoms with van der Waals surface area (Å²) in [6.45, 7) is 5.98. The van der Waals surface area contributed by atoms with E-state index in [2.05, 4.69) is 16.0 Å². The van der Waals surface area contributed by atoms with Crippen molar-refractivity contribution in [2.45, 2.75) is 32.2 Å². The highest BCUT2D eigenvalue weighted by Crippen LogP contribution is 2.19. The monoisotopic (exact) mass is 332 g/mol. The molecule has 1 aromatic rings. The minimum atomic E-state index is -0.936. The van der Waals surface area contributed by atoms with Gasteiger partial charge >= 0.3 is 6.03 Å². The average Bonchev–Trinajstić information content (AvgIpc) is 2.55. The summed E-state index contributed by atoms with van der Waals surface area (Å²) in [5.74, 6) is 0.588. The van der Waals surface area contributed by atoms with Crippen molar-refractivity contribution in [1.29, 1.82) is 0 Å². The number of carbonyl (C=O) groups excluding carboxylic acids is 2. The number of anilines is 1. The molecule has 0 radical (unpaired) electrons. The Labute approximate surface area is 144 Å². The number of benzene rings is 1. The number of urea groups is 1. The first-order valence-electron chi connectivity index (χ1n) is 8.50. The lowest BCUT2D eigenvalue weighted by molar-refractivity contribution is -0.138. The molecular formula is C18H28N4O2. The Bertz CT molecular complexity index is 551. The second kappa shape index (κ2) is 8.15. The predicted octanol–water partition coefficient (Wildman–Crippen LogP) is 2.04. The van der Waals surface area contributed by atoms with Crippen molar-refractivity contribution in [3.05, 3.63) is 30.3 Å². The molecule has 6 nitrogen and oxygen atoms in total. The zero-order valence-corrected chi connectivity index (χ0v) is 14.8. The highest BCUT2D eigenvalue weighted by atomic mass is 16.2. The molecule has 6 heteroatoms. The maximum Gasteiger partial charge on any atom is 0.320 e. The van der Waals surface area contributed by atoms with E-state index in [9.17, 15) is 9.59 Å². The molecule has 0 spiro atoms. The van der Waals surface area contributed by atoms with E-state index in [0.717, 1.165) is 32.5 Å². The molecule has 0 aromatic heterocycles. The van der Waals surface area contributed by atoms with Gasteiger partial charge in [-0.25, -0.2) is 4.79 Å². The number of hydrogen-bond acceptors (Lipinski definition) is 3. The third-order valence-electron chi connectivity index (χ3n) is 4.39. The molecule has 0 atom stereocenters. The summed E-state index contributed by atoms with van der Waals surface area (Å²) >= 11 is 0. The van der Waals surface area contributed by atoms with Crippen molar-refractivity contribution in [2.24, 2.45) is 5.92 Å². The molecule has 2 rings (SSSR count). The molecule has 0 unspecified atom stereocenters. The van der Waals surface area contributed by atoms with Gasteiger partial charge in [0.2, 0.25) is 5.91 Å². The molecular weight excluding hydrogens is 304 g/mol. The summed E-state index contributed by atoms with van der Waals surface area (Å²) in [6, 6.07) is 8.82. The SMILES string of the molecule is CNCC1CCN(C(=O)C(C)(C)NC(=O)Nc2ccccc2)CC1. The first-order chi connectivity index (χ1) is 11.4. The Morgan fingerprint density at radius 1 is 1.17 bits per heavy atom. The molecule has 1 aliphatic heterocycles. The number of nitrogens with zero attached hydrogens (tertiary/aromatic N) is 1. The number of carbonyl (C=O) groups is 2. The molecule has 0 aliphatic carbocycles. The lowest BCUT2D eigenvalue weighted by atomic mass is 9.94. The lowest BCUT2D eigenvalue weighted by Gasteiger charge is -2.37. The van der Waals surface area contributed by atoms with Crippen LogP contribution in [0.1, 0.15) is 26.7 Å². The summed E-state index contributed by atoms with van der Waals surface area (Å²) in [6.07, 6.45) is 2.00. The van der Waals surface area contributed by atoms with Gasteiger partial charge in [0.05, 0.1) is 0 Å².